The molecule has 0 bridgehead atoms. The second-order valence-electron chi connectivity index (χ2n) is 8.86. The van der Waals surface area contributed by atoms with E-state index in [2.05, 4.69) is 21.8 Å². The Labute approximate surface area is 201 Å². The highest BCUT2D eigenvalue weighted by molar-refractivity contribution is 7.90. The van der Waals surface area contributed by atoms with Crippen molar-refractivity contribution in [2.45, 2.75) is 50.8 Å². The fraction of sp³-hybridized carbons (Fsp3) is 0.385. The van der Waals surface area contributed by atoms with Crippen LogP contribution < -0.4 is 4.90 Å². The van der Waals surface area contributed by atoms with Gasteiger partial charge in [0.1, 0.15) is 5.82 Å². The van der Waals surface area contributed by atoms with Gasteiger partial charge < -0.3 is 4.90 Å². The lowest BCUT2D eigenvalue weighted by atomic mass is 9.96. The quantitative estimate of drug-likeness (QED) is 0.429. The Kier molecular flexibility index (Phi) is 7.05. The zero-order valence-corrected chi connectivity index (χ0v) is 21.0. The molecule has 1 aliphatic rings. The van der Waals surface area contributed by atoms with Crippen LogP contribution in [0.4, 0.5) is 5.82 Å². The van der Waals surface area contributed by atoms with E-state index in [9.17, 15) is 8.42 Å². The van der Waals surface area contributed by atoms with Gasteiger partial charge in [-0.2, -0.15) is 0 Å². The molecule has 0 N–H and O–H groups in total. The standard InChI is InChI=1S/C26H30ClN3O2S/c1-4-20-10-7-15-30(16-20)23-11-6-12-24(29-23)33(31,32)17-21-13-14-22(27)26(28-21)25-18(2)8-5-9-19(25)3/h5-6,8-9,11-14,20H,4,7,10,15-17H2,1-3H3. The summed E-state index contributed by atoms with van der Waals surface area (Å²) in [7, 11) is -3.67. The maximum atomic E-state index is 13.3. The molecular formula is C26H30ClN3O2S. The van der Waals surface area contributed by atoms with Crippen molar-refractivity contribution < 1.29 is 8.42 Å². The molecule has 0 aliphatic carbocycles. The topological polar surface area (TPSA) is 63.2 Å². The molecule has 3 heterocycles. The van der Waals surface area contributed by atoms with Crippen molar-refractivity contribution in [3.05, 3.63) is 70.4 Å². The van der Waals surface area contributed by atoms with Gasteiger partial charge >= 0.3 is 0 Å². The lowest BCUT2D eigenvalue weighted by Crippen LogP contribution is -2.35. The summed E-state index contributed by atoms with van der Waals surface area (Å²) in [5.74, 6) is 1.13. The molecule has 1 fully saturated rings. The molecule has 3 aromatic rings. The van der Waals surface area contributed by atoms with E-state index in [4.69, 9.17) is 11.6 Å². The van der Waals surface area contributed by atoms with Gasteiger partial charge in [0.25, 0.3) is 0 Å². The first-order chi connectivity index (χ1) is 15.8. The normalized spacial score (nSPS) is 16.7. The van der Waals surface area contributed by atoms with Crippen LogP contribution in [0.25, 0.3) is 11.3 Å². The molecule has 0 saturated carbocycles. The summed E-state index contributed by atoms with van der Waals surface area (Å²) in [4.78, 5) is 11.4. The third kappa shape index (κ3) is 5.22. The van der Waals surface area contributed by atoms with Crippen LogP contribution in [-0.2, 0) is 15.6 Å². The molecule has 33 heavy (non-hydrogen) atoms. The van der Waals surface area contributed by atoms with Gasteiger partial charge in [-0.15, -0.1) is 0 Å². The molecule has 0 amide bonds. The molecule has 5 nitrogen and oxygen atoms in total. The minimum absolute atomic E-state index is 0.0870. The Hall–Kier alpha value is -2.44. The van der Waals surface area contributed by atoms with Crippen molar-refractivity contribution in [3.63, 3.8) is 0 Å². The first kappa shape index (κ1) is 23.7. The molecule has 1 saturated heterocycles. The molecule has 2 aromatic heterocycles. The van der Waals surface area contributed by atoms with E-state index in [-0.39, 0.29) is 10.8 Å². The zero-order chi connectivity index (χ0) is 23.6. The van der Waals surface area contributed by atoms with Crippen molar-refractivity contribution in [1.29, 1.82) is 0 Å². The highest BCUT2D eigenvalue weighted by Crippen LogP contribution is 2.32. The van der Waals surface area contributed by atoms with Crippen LogP contribution in [0.15, 0.2) is 53.6 Å². The van der Waals surface area contributed by atoms with Crippen LogP contribution in [0.3, 0.4) is 0 Å². The lowest BCUT2D eigenvalue weighted by molar-refractivity contribution is 0.402. The van der Waals surface area contributed by atoms with E-state index in [0.717, 1.165) is 48.4 Å². The van der Waals surface area contributed by atoms with Gasteiger partial charge in [0.2, 0.25) is 9.84 Å². The minimum Gasteiger partial charge on any atom is -0.356 e. The Morgan fingerprint density at radius 1 is 1.03 bits per heavy atom. The molecule has 1 atom stereocenters. The Morgan fingerprint density at radius 3 is 2.48 bits per heavy atom. The second-order valence-corrected chi connectivity index (χ2v) is 11.2. The average Bonchev–Trinajstić information content (AvgIpc) is 2.81. The van der Waals surface area contributed by atoms with Crippen LogP contribution in [0.2, 0.25) is 5.02 Å². The highest BCUT2D eigenvalue weighted by Gasteiger charge is 2.23. The first-order valence-corrected chi connectivity index (χ1v) is 13.5. The Bertz CT molecular complexity index is 1240. The molecule has 1 aliphatic heterocycles. The number of benzene rings is 1. The summed E-state index contributed by atoms with van der Waals surface area (Å²) in [6.07, 6.45) is 3.45. The van der Waals surface area contributed by atoms with Crippen molar-refractivity contribution in [2.24, 2.45) is 5.92 Å². The number of piperidine rings is 1. The number of halogens is 1. The number of rotatable bonds is 6. The third-order valence-corrected chi connectivity index (χ3v) is 8.25. The lowest BCUT2D eigenvalue weighted by Gasteiger charge is -2.33. The maximum Gasteiger partial charge on any atom is 0.201 e. The number of pyridine rings is 2. The largest absolute Gasteiger partial charge is 0.356 e. The maximum absolute atomic E-state index is 13.3. The van der Waals surface area contributed by atoms with Crippen LogP contribution in [-0.4, -0.2) is 31.5 Å². The van der Waals surface area contributed by atoms with Gasteiger partial charge in [0.15, 0.2) is 5.03 Å². The number of hydrogen-bond acceptors (Lipinski definition) is 5. The van der Waals surface area contributed by atoms with Crippen LogP contribution in [0, 0.1) is 19.8 Å². The number of aromatic nitrogens is 2. The fourth-order valence-electron chi connectivity index (χ4n) is 4.55. The number of hydrogen-bond donors (Lipinski definition) is 0. The smallest absolute Gasteiger partial charge is 0.201 e. The van der Waals surface area contributed by atoms with Gasteiger partial charge in [-0.1, -0.05) is 49.2 Å². The summed E-state index contributed by atoms with van der Waals surface area (Å²) >= 11 is 6.46. The van der Waals surface area contributed by atoms with Gasteiger partial charge in [0.05, 0.1) is 22.2 Å². The third-order valence-electron chi connectivity index (χ3n) is 6.41. The molecule has 0 radical (unpaired) electrons. The predicted molar refractivity (Wildman–Crippen MR) is 135 cm³/mol. The van der Waals surface area contributed by atoms with Gasteiger partial charge in [-0.05, 0) is 68.0 Å². The number of nitrogens with zero attached hydrogens (tertiary/aromatic N) is 3. The number of sulfone groups is 1. The van der Waals surface area contributed by atoms with E-state index in [0.29, 0.717) is 22.3 Å². The fourth-order valence-corrected chi connectivity index (χ4v) is 5.97. The predicted octanol–water partition coefficient (Wildman–Crippen LogP) is 6.01. The number of aryl methyl sites for hydroxylation is 2. The van der Waals surface area contributed by atoms with Gasteiger partial charge in [0, 0.05) is 18.7 Å². The van der Waals surface area contributed by atoms with Crippen molar-refractivity contribution in [1.82, 2.24) is 9.97 Å². The molecule has 7 heteroatoms. The highest BCUT2D eigenvalue weighted by atomic mass is 35.5. The van der Waals surface area contributed by atoms with Crippen LogP contribution >= 0.6 is 11.6 Å². The zero-order valence-electron chi connectivity index (χ0n) is 19.4. The summed E-state index contributed by atoms with van der Waals surface area (Å²) < 4.78 is 26.5. The summed E-state index contributed by atoms with van der Waals surface area (Å²) in [6.45, 7) is 8.04. The molecule has 0 spiro atoms. The molecule has 174 valence electrons. The Morgan fingerprint density at radius 2 is 1.76 bits per heavy atom. The van der Waals surface area contributed by atoms with Crippen LogP contribution in [0.1, 0.15) is 43.0 Å². The molecule has 1 unspecified atom stereocenters. The molecular weight excluding hydrogens is 454 g/mol. The van der Waals surface area contributed by atoms with E-state index in [1.54, 1.807) is 24.3 Å². The average molecular weight is 484 g/mol. The van der Waals surface area contributed by atoms with Crippen molar-refractivity contribution >= 4 is 27.3 Å². The van der Waals surface area contributed by atoms with E-state index in [1.807, 2.05) is 38.1 Å². The summed E-state index contributed by atoms with van der Waals surface area (Å²) in [6, 6.07) is 14.6. The van der Waals surface area contributed by atoms with Crippen molar-refractivity contribution in [2.75, 3.05) is 18.0 Å². The van der Waals surface area contributed by atoms with Crippen LogP contribution in [0.5, 0.6) is 0 Å². The van der Waals surface area contributed by atoms with Gasteiger partial charge in [-0.25, -0.2) is 13.4 Å². The number of anilines is 1. The van der Waals surface area contributed by atoms with Gasteiger partial charge in [-0.3, -0.25) is 4.98 Å². The summed E-state index contributed by atoms with van der Waals surface area (Å²) in [5.41, 5.74) is 4.10. The van der Waals surface area contributed by atoms with E-state index < -0.39 is 9.84 Å². The van der Waals surface area contributed by atoms with E-state index in [1.165, 1.54) is 6.42 Å². The Balaban J connectivity index is 1.62. The summed E-state index contributed by atoms with van der Waals surface area (Å²) in [5, 5.41) is 0.591. The van der Waals surface area contributed by atoms with Crippen molar-refractivity contribution in [3.8, 4) is 11.3 Å². The molecule has 1 aromatic carbocycles. The first-order valence-electron chi connectivity index (χ1n) is 11.4. The SMILES string of the molecule is CCC1CCCN(c2cccc(S(=O)(=O)Cc3ccc(Cl)c(-c4c(C)cccc4C)n3)n2)C1. The molecule has 4 rings (SSSR count). The minimum atomic E-state index is -3.67. The second kappa shape index (κ2) is 9.82. The monoisotopic (exact) mass is 483 g/mol. The van der Waals surface area contributed by atoms with E-state index >= 15 is 0 Å².